The van der Waals surface area contributed by atoms with Crippen molar-refractivity contribution < 1.29 is 9.59 Å². The molecule has 1 aliphatic rings. The largest absolute Gasteiger partial charge is 0.339 e. The molecule has 1 aromatic carbocycles. The van der Waals surface area contributed by atoms with Crippen molar-refractivity contribution in [3.8, 4) is 6.07 Å². The molecule has 2 aromatic rings. The number of nitrogens with zero attached hydrogens (tertiary/aromatic N) is 6. The van der Waals surface area contributed by atoms with E-state index < -0.39 is 0 Å². The number of hydrogen-bond acceptors (Lipinski definition) is 6. The minimum absolute atomic E-state index is 0.0488. The fourth-order valence-corrected chi connectivity index (χ4v) is 3.16. The van der Waals surface area contributed by atoms with Crippen LogP contribution in [-0.2, 0) is 22.6 Å². The lowest BCUT2D eigenvalue weighted by Gasteiger charge is -2.34. The van der Waals surface area contributed by atoms with Crippen molar-refractivity contribution in [1.82, 2.24) is 24.6 Å². The molecule has 9 heteroatoms. The van der Waals surface area contributed by atoms with Gasteiger partial charge in [0.15, 0.2) is 0 Å². The van der Waals surface area contributed by atoms with Gasteiger partial charge in [0, 0.05) is 31.9 Å². The molecule has 146 valence electrons. The Bertz CT molecular complexity index is 878. The van der Waals surface area contributed by atoms with E-state index in [1.165, 1.54) is 11.0 Å². The first-order valence-electron chi connectivity index (χ1n) is 9.26. The summed E-state index contributed by atoms with van der Waals surface area (Å²) >= 11 is 0. The van der Waals surface area contributed by atoms with Gasteiger partial charge < -0.3 is 10.2 Å². The summed E-state index contributed by atoms with van der Waals surface area (Å²) in [6, 6.07) is 9.63. The third-order valence-electron chi connectivity index (χ3n) is 4.70. The number of nitriles is 1. The van der Waals surface area contributed by atoms with Crippen LogP contribution in [0.25, 0.3) is 0 Å². The Morgan fingerprint density at radius 1 is 1.18 bits per heavy atom. The van der Waals surface area contributed by atoms with E-state index in [0.29, 0.717) is 32.7 Å². The summed E-state index contributed by atoms with van der Waals surface area (Å²) in [7, 11) is 0. The highest BCUT2D eigenvalue weighted by atomic mass is 16.2. The number of carbonyl (C=O) groups is 2. The number of aryl methyl sites for hydroxylation is 1. The van der Waals surface area contributed by atoms with E-state index in [9.17, 15) is 9.59 Å². The number of hydrogen-bond donors (Lipinski definition) is 1. The molecule has 0 spiro atoms. The molecule has 1 aliphatic heterocycles. The average molecular weight is 381 g/mol. The van der Waals surface area contributed by atoms with Gasteiger partial charge in [-0.15, -0.1) is 5.10 Å². The Balaban J connectivity index is 1.45. The number of para-hydroxylation sites is 1. The fraction of sp³-hybridized carbons (Fsp3) is 0.421. The summed E-state index contributed by atoms with van der Waals surface area (Å²) < 4.78 is 1.37. The molecule has 0 radical (unpaired) electrons. The van der Waals surface area contributed by atoms with Crippen molar-refractivity contribution in [2.75, 3.05) is 38.0 Å². The first-order valence-corrected chi connectivity index (χ1v) is 9.26. The highest BCUT2D eigenvalue weighted by molar-refractivity contribution is 5.93. The monoisotopic (exact) mass is 381 g/mol. The summed E-state index contributed by atoms with van der Waals surface area (Å²) in [5, 5.41) is 15.6. The van der Waals surface area contributed by atoms with Gasteiger partial charge in [-0.3, -0.25) is 14.5 Å². The van der Waals surface area contributed by atoms with E-state index in [1.807, 2.05) is 35.2 Å². The first kappa shape index (κ1) is 19.5. The van der Waals surface area contributed by atoms with Crippen LogP contribution in [0.3, 0.4) is 0 Å². The highest BCUT2D eigenvalue weighted by Gasteiger charge is 2.23. The number of carbonyl (C=O) groups excluding carboxylic acids is 2. The van der Waals surface area contributed by atoms with Crippen molar-refractivity contribution in [3.05, 3.63) is 42.0 Å². The van der Waals surface area contributed by atoms with E-state index in [-0.39, 0.29) is 24.2 Å². The van der Waals surface area contributed by atoms with Gasteiger partial charge in [-0.2, -0.15) is 5.26 Å². The molecule has 9 nitrogen and oxygen atoms in total. The molecule has 3 rings (SSSR count). The predicted molar refractivity (Wildman–Crippen MR) is 102 cm³/mol. The second kappa shape index (κ2) is 9.10. The standard InChI is InChI=1S/C19H23N7O2/c1-2-15-5-3-4-6-16(15)22-18(27)12-24-7-9-25(10-8-24)19(28)13-26-14-21-17(11-20)23-26/h3-6,14H,2,7-10,12-13H2,1H3,(H,22,27). The van der Waals surface area contributed by atoms with Crippen LogP contribution in [0.4, 0.5) is 5.69 Å². The highest BCUT2D eigenvalue weighted by Crippen LogP contribution is 2.15. The Labute approximate surface area is 163 Å². The lowest BCUT2D eigenvalue weighted by atomic mass is 10.1. The maximum atomic E-state index is 12.4. The molecule has 2 heterocycles. The molecule has 2 amide bonds. The Hall–Kier alpha value is -3.25. The van der Waals surface area contributed by atoms with Crippen LogP contribution >= 0.6 is 0 Å². The van der Waals surface area contributed by atoms with Gasteiger partial charge in [0.2, 0.25) is 11.8 Å². The van der Waals surface area contributed by atoms with Gasteiger partial charge in [0.25, 0.3) is 5.82 Å². The average Bonchev–Trinajstić information content (AvgIpc) is 3.16. The smallest absolute Gasteiger partial charge is 0.252 e. The van der Waals surface area contributed by atoms with Crippen molar-refractivity contribution in [3.63, 3.8) is 0 Å². The number of anilines is 1. The normalized spacial score (nSPS) is 14.5. The minimum Gasteiger partial charge on any atom is -0.339 e. The number of aromatic nitrogens is 3. The van der Waals surface area contributed by atoms with Crippen molar-refractivity contribution >= 4 is 17.5 Å². The summed E-state index contributed by atoms with van der Waals surface area (Å²) in [6.07, 6.45) is 2.24. The molecule has 0 saturated carbocycles. The molecular formula is C19H23N7O2. The Morgan fingerprint density at radius 2 is 1.93 bits per heavy atom. The first-order chi connectivity index (χ1) is 13.6. The summed E-state index contributed by atoms with van der Waals surface area (Å²) in [4.78, 5) is 32.3. The Kier molecular flexibility index (Phi) is 6.34. The third kappa shape index (κ3) is 4.92. The zero-order chi connectivity index (χ0) is 19.9. The van der Waals surface area contributed by atoms with Gasteiger partial charge in [-0.1, -0.05) is 25.1 Å². The van der Waals surface area contributed by atoms with Crippen LogP contribution < -0.4 is 5.32 Å². The van der Waals surface area contributed by atoms with E-state index in [2.05, 4.69) is 22.3 Å². The maximum Gasteiger partial charge on any atom is 0.252 e. The van der Waals surface area contributed by atoms with Gasteiger partial charge in [-0.25, -0.2) is 9.67 Å². The summed E-state index contributed by atoms with van der Waals surface area (Å²) in [5.41, 5.74) is 1.97. The molecule has 0 atom stereocenters. The zero-order valence-electron chi connectivity index (χ0n) is 15.8. The number of benzene rings is 1. The fourth-order valence-electron chi connectivity index (χ4n) is 3.16. The van der Waals surface area contributed by atoms with Crippen LogP contribution in [0.1, 0.15) is 18.3 Å². The van der Waals surface area contributed by atoms with Crippen LogP contribution in [-0.4, -0.2) is 69.1 Å². The lowest BCUT2D eigenvalue weighted by molar-refractivity contribution is -0.133. The van der Waals surface area contributed by atoms with E-state index in [1.54, 1.807) is 4.90 Å². The second-order valence-electron chi connectivity index (χ2n) is 6.59. The third-order valence-corrected chi connectivity index (χ3v) is 4.70. The maximum absolute atomic E-state index is 12.4. The molecule has 1 fully saturated rings. The molecular weight excluding hydrogens is 358 g/mol. The van der Waals surface area contributed by atoms with Crippen LogP contribution in [0.5, 0.6) is 0 Å². The quantitative estimate of drug-likeness (QED) is 0.781. The topological polar surface area (TPSA) is 107 Å². The number of rotatable bonds is 6. The molecule has 1 saturated heterocycles. The molecule has 0 bridgehead atoms. The van der Waals surface area contributed by atoms with Crippen molar-refractivity contribution in [2.45, 2.75) is 19.9 Å². The van der Waals surface area contributed by atoms with Crippen molar-refractivity contribution in [2.24, 2.45) is 0 Å². The number of amides is 2. The molecule has 0 unspecified atom stereocenters. The van der Waals surface area contributed by atoms with E-state index in [4.69, 9.17) is 5.26 Å². The lowest BCUT2D eigenvalue weighted by Crippen LogP contribution is -2.51. The van der Waals surface area contributed by atoms with Gasteiger partial charge in [0.1, 0.15) is 18.9 Å². The summed E-state index contributed by atoms with van der Waals surface area (Å²) in [6.45, 7) is 4.79. The van der Waals surface area contributed by atoms with Gasteiger partial charge in [-0.05, 0) is 18.1 Å². The Morgan fingerprint density at radius 3 is 2.61 bits per heavy atom. The van der Waals surface area contributed by atoms with E-state index >= 15 is 0 Å². The SMILES string of the molecule is CCc1ccccc1NC(=O)CN1CCN(C(=O)Cn2cnc(C#N)n2)CC1. The van der Waals surface area contributed by atoms with Gasteiger partial charge >= 0.3 is 0 Å². The summed E-state index contributed by atoms with van der Waals surface area (Å²) in [5.74, 6) is -0.0732. The molecule has 1 N–H and O–H groups in total. The van der Waals surface area contributed by atoms with Gasteiger partial charge in [0.05, 0.1) is 6.54 Å². The molecule has 0 aliphatic carbocycles. The van der Waals surface area contributed by atoms with Crippen LogP contribution in [0.15, 0.2) is 30.6 Å². The van der Waals surface area contributed by atoms with E-state index in [0.717, 1.165) is 17.7 Å². The van der Waals surface area contributed by atoms with Crippen molar-refractivity contribution in [1.29, 1.82) is 5.26 Å². The van der Waals surface area contributed by atoms with Crippen LogP contribution in [0.2, 0.25) is 0 Å². The molecule has 28 heavy (non-hydrogen) atoms. The number of nitrogens with one attached hydrogen (secondary N) is 1. The second-order valence-corrected chi connectivity index (χ2v) is 6.59. The minimum atomic E-state index is -0.0737. The predicted octanol–water partition coefficient (Wildman–Crippen LogP) is 0.495. The van der Waals surface area contributed by atoms with Crippen LogP contribution in [0, 0.1) is 11.3 Å². The number of piperazine rings is 1. The molecule has 1 aromatic heterocycles. The zero-order valence-corrected chi connectivity index (χ0v) is 15.8.